The molecule has 1 saturated carbocycles. The van der Waals surface area contributed by atoms with Crippen LogP contribution in [0.3, 0.4) is 0 Å². The highest BCUT2D eigenvalue weighted by atomic mass is 35.5. The van der Waals surface area contributed by atoms with Crippen molar-refractivity contribution >= 4 is 18.2 Å². The second kappa shape index (κ2) is 5.23. The zero-order chi connectivity index (χ0) is 12.8. The average molecular weight is 282 g/mol. The summed E-state index contributed by atoms with van der Waals surface area (Å²) in [5, 5.41) is 0. The van der Waals surface area contributed by atoms with Crippen LogP contribution in [-0.4, -0.2) is 30.8 Å². The molecule has 0 amide bonds. The van der Waals surface area contributed by atoms with Crippen molar-refractivity contribution in [3.8, 4) is 0 Å². The normalized spacial score (nSPS) is 29.4. The van der Waals surface area contributed by atoms with E-state index in [1.807, 2.05) is 31.1 Å². The predicted octanol–water partition coefficient (Wildman–Crippen LogP) is 2.52. The number of fused-ring (bicyclic) bond motifs is 2. The lowest BCUT2D eigenvalue weighted by Crippen LogP contribution is -2.46. The van der Waals surface area contributed by atoms with Crippen molar-refractivity contribution in [2.24, 2.45) is 0 Å². The van der Waals surface area contributed by atoms with E-state index in [0.717, 1.165) is 12.8 Å². The Morgan fingerprint density at radius 2 is 2.05 bits per heavy atom. The van der Waals surface area contributed by atoms with Crippen LogP contribution in [0.5, 0.6) is 0 Å². The third kappa shape index (κ3) is 2.31. The van der Waals surface area contributed by atoms with Crippen LogP contribution in [0.2, 0.25) is 0 Å². The fraction of sp³-hybridized carbons (Fsp3) is 0.533. The van der Waals surface area contributed by atoms with Crippen LogP contribution < -0.4 is 0 Å². The third-order valence-electron chi connectivity index (χ3n) is 4.29. The number of carbonyl (C=O) groups excluding carboxylic acids is 1. The number of carbonyl (C=O) groups is 1. The molecule has 1 spiro atoms. The number of likely N-dealkylation sites (N-methyl/N-ethyl adjacent to an activating group) is 1. The Labute approximate surface area is 120 Å². The van der Waals surface area contributed by atoms with Gasteiger partial charge in [0.15, 0.2) is 5.78 Å². The topological polar surface area (TPSA) is 29.5 Å². The number of benzene rings is 1. The number of halogens is 1. The number of ketones is 1. The molecule has 1 fully saturated rings. The van der Waals surface area contributed by atoms with E-state index in [9.17, 15) is 4.79 Å². The van der Waals surface area contributed by atoms with Gasteiger partial charge in [-0.25, -0.2) is 0 Å². The molecule has 19 heavy (non-hydrogen) atoms. The van der Waals surface area contributed by atoms with Crippen molar-refractivity contribution in [3.63, 3.8) is 0 Å². The summed E-state index contributed by atoms with van der Waals surface area (Å²) in [5.41, 5.74) is 2.14. The molecule has 104 valence electrons. The summed E-state index contributed by atoms with van der Waals surface area (Å²) in [6.07, 6.45) is 2.35. The van der Waals surface area contributed by atoms with Gasteiger partial charge in [0, 0.05) is 6.42 Å². The Balaban J connectivity index is 0.00000133. The molecule has 0 bridgehead atoms. The Hall–Kier alpha value is -0.900. The first-order valence-electron chi connectivity index (χ1n) is 6.54. The van der Waals surface area contributed by atoms with Gasteiger partial charge in [-0.05, 0) is 38.1 Å². The van der Waals surface area contributed by atoms with Crippen LogP contribution in [0.1, 0.15) is 30.4 Å². The number of hydrogen-bond donors (Lipinski definition) is 0. The van der Waals surface area contributed by atoms with E-state index in [-0.39, 0.29) is 24.0 Å². The molecule has 2 atom stereocenters. The zero-order valence-electron chi connectivity index (χ0n) is 11.4. The van der Waals surface area contributed by atoms with Crippen LogP contribution >= 0.6 is 12.4 Å². The maximum Gasteiger partial charge on any atom is 0.153 e. The third-order valence-corrected chi connectivity index (χ3v) is 4.29. The average Bonchev–Trinajstić information content (AvgIpc) is 2.69. The van der Waals surface area contributed by atoms with Gasteiger partial charge < -0.3 is 4.74 Å². The van der Waals surface area contributed by atoms with E-state index in [1.165, 1.54) is 11.1 Å². The minimum absolute atomic E-state index is 0. The van der Waals surface area contributed by atoms with Crippen LogP contribution in [0.25, 0.3) is 0 Å². The molecule has 3 rings (SSSR count). The van der Waals surface area contributed by atoms with Gasteiger partial charge in [0.2, 0.25) is 0 Å². The standard InChI is InChI=1S/C15H19NO2.ClH/c1-16(2)13-7-8-15(9-14(13)17)12-6-4-3-5-11(12)10-18-15;/h3-6,13H,7-10H2,1-2H3;1H/t13-,15+;/m0./s1. The highest BCUT2D eigenvalue weighted by Gasteiger charge is 2.46. The Bertz CT molecular complexity index is 489. The van der Waals surface area contributed by atoms with Gasteiger partial charge in [0.05, 0.1) is 12.6 Å². The maximum absolute atomic E-state index is 12.3. The van der Waals surface area contributed by atoms with Crippen molar-refractivity contribution in [2.45, 2.75) is 37.5 Å². The first-order chi connectivity index (χ1) is 8.62. The number of hydrogen-bond acceptors (Lipinski definition) is 3. The molecule has 4 heteroatoms. The Morgan fingerprint density at radius 1 is 1.32 bits per heavy atom. The van der Waals surface area contributed by atoms with Gasteiger partial charge in [0.25, 0.3) is 0 Å². The summed E-state index contributed by atoms with van der Waals surface area (Å²) in [4.78, 5) is 14.3. The van der Waals surface area contributed by atoms with E-state index in [1.54, 1.807) is 0 Å². The minimum Gasteiger partial charge on any atom is -0.365 e. The van der Waals surface area contributed by atoms with Crippen LogP contribution in [0.4, 0.5) is 0 Å². The van der Waals surface area contributed by atoms with Gasteiger partial charge in [-0.2, -0.15) is 0 Å². The molecule has 0 N–H and O–H groups in total. The van der Waals surface area contributed by atoms with Crippen LogP contribution in [0.15, 0.2) is 24.3 Å². The summed E-state index contributed by atoms with van der Waals surface area (Å²) in [5.74, 6) is 0.308. The molecule has 0 aromatic heterocycles. The fourth-order valence-corrected chi connectivity index (χ4v) is 3.30. The number of nitrogens with zero attached hydrogens (tertiary/aromatic N) is 1. The maximum atomic E-state index is 12.3. The molecule has 0 radical (unpaired) electrons. The second-order valence-corrected chi connectivity index (χ2v) is 5.60. The first kappa shape index (κ1) is 14.5. The largest absolute Gasteiger partial charge is 0.365 e. The van der Waals surface area contributed by atoms with E-state index in [4.69, 9.17) is 4.74 Å². The smallest absolute Gasteiger partial charge is 0.153 e. The molecule has 1 heterocycles. The van der Waals surface area contributed by atoms with Crippen molar-refractivity contribution in [1.82, 2.24) is 4.90 Å². The molecule has 1 aliphatic carbocycles. The van der Waals surface area contributed by atoms with Crippen molar-refractivity contribution in [1.29, 1.82) is 0 Å². The quantitative estimate of drug-likeness (QED) is 0.792. The number of ether oxygens (including phenoxy) is 1. The van der Waals surface area contributed by atoms with Crippen LogP contribution in [-0.2, 0) is 21.7 Å². The first-order valence-corrected chi connectivity index (χ1v) is 6.54. The van der Waals surface area contributed by atoms with Gasteiger partial charge in [-0.3, -0.25) is 9.69 Å². The molecule has 1 aliphatic heterocycles. The summed E-state index contributed by atoms with van der Waals surface area (Å²) in [7, 11) is 3.95. The van der Waals surface area contributed by atoms with Gasteiger partial charge in [-0.1, -0.05) is 24.3 Å². The lowest BCUT2D eigenvalue weighted by atomic mass is 9.76. The van der Waals surface area contributed by atoms with E-state index in [2.05, 4.69) is 12.1 Å². The molecule has 1 aromatic rings. The molecule has 3 nitrogen and oxygen atoms in total. The SMILES string of the molecule is CN(C)[C@H]1CC[C@]2(CC1=O)OCc1ccccc12.Cl. The summed E-state index contributed by atoms with van der Waals surface area (Å²) < 4.78 is 6.01. The molecule has 2 aliphatic rings. The lowest BCUT2D eigenvalue weighted by molar-refractivity contribution is -0.139. The van der Waals surface area contributed by atoms with E-state index in [0.29, 0.717) is 18.8 Å². The van der Waals surface area contributed by atoms with E-state index >= 15 is 0 Å². The number of rotatable bonds is 1. The molecular weight excluding hydrogens is 262 g/mol. The molecule has 0 unspecified atom stereocenters. The van der Waals surface area contributed by atoms with Crippen molar-refractivity contribution in [2.75, 3.05) is 14.1 Å². The molecular formula is C15H20ClNO2. The fourth-order valence-electron chi connectivity index (χ4n) is 3.30. The highest BCUT2D eigenvalue weighted by Crippen LogP contribution is 2.46. The predicted molar refractivity (Wildman–Crippen MR) is 76.5 cm³/mol. The van der Waals surface area contributed by atoms with Crippen LogP contribution in [0, 0.1) is 0 Å². The van der Waals surface area contributed by atoms with Crippen molar-refractivity contribution in [3.05, 3.63) is 35.4 Å². The summed E-state index contributed by atoms with van der Waals surface area (Å²) in [6, 6.07) is 8.36. The molecule has 1 aromatic carbocycles. The Kier molecular flexibility index (Phi) is 4.00. The monoisotopic (exact) mass is 281 g/mol. The van der Waals surface area contributed by atoms with Gasteiger partial charge >= 0.3 is 0 Å². The van der Waals surface area contributed by atoms with Gasteiger partial charge in [0.1, 0.15) is 5.60 Å². The Morgan fingerprint density at radius 3 is 2.74 bits per heavy atom. The summed E-state index contributed by atoms with van der Waals surface area (Å²) >= 11 is 0. The van der Waals surface area contributed by atoms with E-state index < -0.39 is 0 Å². The van der Waals surface area contributed by atoms with Gasteiger partial charge in [-0.15, -0.1) is 12.4 Å². The second-order valence-electron chi connectivity index (χ2n) is 5.60. The number of Topliss-reactive ketones (excluding diaryl/α,β-unsaturated/α-hetero) is 1. The zero-order valence-corrected chi connectivity index (χ0v) is 12.2. The minimum atomic E-state index is -0.333. The molecule has 0 saturated heterocycles. The van der Waals surface area contributed by atoms with Crippen molar-refractivity contribution < 1.29 is 9.53 Å². The lowest BCUT2D eigenvalue weighted by Gasteiger charge is -2.38. The highest BCUT2D eigenvalue weighted by molar-refractivity contribution is 5.86. The summed E-state index contributed by atoms with van der Waals surface area (Å²) in [6.45, 7) is 0.649.